The zero-order chi connectivity index (χ0) is 17.4. The van der Waals surface area contributed by atoms with Gasteiger partial charge in [-0.15, -0.1) is 0 Å². The van der Waals surface area contributed by atoms with Crippen LogP contribution in [0.3, 0.4) is 0 Å². The molecule has 2 aliphatic rings. The first-order valence-corrected chi connectivity index (χ1v) is 8.53. The molecule has 7 nitrogen and oxygen atoms in total. The van der Waals surface area contributed by atoms with Gasteiger partial charge in [-0.1, -0.05) is 0 Å². The van der Waals surface area contributed by atoms with Crippen molar-refractivity contribution in [2.24, 2.45) is 0 Å². The van der Waals surface area contributed by atoms with E-state index in [1.54, 1.807) is 4.90 Å². The number of carbonyl (C=O) groups excluding carboxylic acids is 1. The number of hydrogen-bond donors (Lipinski definition) is 0. The van der Waals surface area contributed by atoms with E-state index in [1.807, 2.05) is 19.9 Å². The Hall–Kier alpha value is -2.36. The third kappa shape index (κ3) is 2.56. The molecule has 1 amide bonds. The molecule has 0 spiro atoms. The van der Waals surface area contributed by atoms with Crippen LogP contribution in [0.25, 0.3) is 0 Å². The lowest BCUT2D eigenvalue weighted by atomic mass is 9.97. The topological polar surface area (TPSA) is 88.1 Å². The van der Waals surface area contributed by atoms with E-state index in [4.69, 9.17) is 0 Å². The van der Waals surface area contributed by atoms with Gasteiger partial charge in [-0.25, -0.2) is 9.36 Å². The minimum atomic E-state index is -0.638. The van der Waals surface area contributed by atoms with Crippen LogP contribution >= 0.6 is 0 Å². The number of fused-ring (bicyclic) bond motifs is 1. The summed E-state index contributed by atoms with van der Waals surface area (Å²) in [5.41, 5.74) is -0.603. The van der Waals surface area contributed by atoms with Gasteiger partial charge in [0.2, 0.25) is 5.91 Å². The van der Waals surface area contributed by atoms with E-state index in [1.165, 1.54) is 4.57 Å². The molecule has 0 bridgehead atoms. The number of carbonyl (C=O) groups is 1. The van der Waals surface area contributed by atoms with Crippen molar-refractivity contribution >= 4 is 5.91 Å². The van der Waals surface area contributed by atoms with Gasteiger partial charge in [-0.3, -0.25) is 14.2 Å². The molecule has 0 radical (unpaired) electrons. The summed E-state index contributed by atoms with van der Waals surface area (Å²) in [5.74, 6) is -0.226. The zero-order valence-electron chi connectivity index (χ0n) is 14.1. The quantitative estimate of drug-likeness (QED) is 0.795. The molecule has 3 rings (SSSR count). The predicted molar refractivity (Wildman–Crippen MR) is 87.6 cm³/mol. The summed E-state index contributed by atoms with van der Waals surface area (Å²) in [7, 11) is 0. The highest BCUT2D eigenvalue weighted by molar-refractivity contribution is 5.76. The highest BCUT2D eigenvalue weighted by atomic mass is 16.2. The van der Waals surface area contributed by atoms with E-state index in [0.717, 1.165) is 30.3 Å². The van der Waals surface area contributed by atoms with E-state index >= 15 is 0 Å². The van der Waals surface area contributed by atoms with Gasteiger partial charge >= 0.3 is 5.69 Å². The van der Waals surface area contributed by atoms with E-state index in [-0.39, 0.29) is 30.1 Å². The minimum Gasteiger partial charge on any atom is -0.336 e. The monoisotopic (exact) mass is 330 g/mol. The average molecular weight is 330 g/mol. The molecule has 1 aromatic heterocycles. The maximum absolute atomic E-state index is 12.7. The van der Waals surface area contributed by atoms with Crippen LogP contribution in [0.15, 0.2) is 9.59 Å². The molecule has 3 heterocycles. The molecule has 0 unspecified atom stereocenters. The zero-order valence-corrected chi connectivity index (χ0v) is 14.1. The number of piperidine rings is 1. The van der Waals surface area contributed by atoms with Gasteiger partial charge in [0, 0.05) is 24.3 Å². The Balaban J connectivity index is 1.99. The van der Waals surface area contributed by atoms with Gasteiger partial charge in [-0.05, 0) is 46.0 Å². The lowest BCUT2D eigenvalue weighted by molar-refractivity contribution is -0.138. The summed E-state index contributed by atoms with van der Waals surface area (Å²) in [6, 6.07) is 2.12. The summed E-state index contributed by atoms with van der Waals surface area (Å²) in [6.07, 6.45) is 4.23. The normalized spacial score (nSPS) is 23.0. The van der Waals surface area contributed by atoms with Gasteiger partial charge in [0.15, 0.2) is 0 Å². The lowest BCUT2D eigenvalue weighted by Gasteiger charge is -2.39. The number of likely N-dealkylation sites (tertiary alicyclic amines) is 1. The second kappa shape index (κ2) is 6.27. The van der Waals surface area contributed by atoms with E-state index in [0.29, 0.717) is 18.7 Å². The molecule has 1 fully saturated rings. The first-order valence-electron chi connectivity index (χ1n) is 8.53. The fraction of sp³-hybridized carbons (Fsp3) is 0.647. The molecule has 24 heavy (non-hydrogen) atoms. The average Bonchev–Trinajstić information content (AvgIpc) is 3.01. The molecule has 2 aliphatic heterocycles. The second-order valence-electron chi connectivity index (χ2n) is 6.79. The molecule has 0 N–H and O–H groups in total. The Labute approximate surface area is 140 Å². The summed E-state index contributed by atoms with van der Waals surface area (Å²) in [4.78, 5) is 39.6. The summed E-state index contributed by atoms with van der Waals surface area (Å²) in [5, 5.41) is 9.29. The Morgan fingerprint density at radius 3 is 2.50 bits per heavy atom. The van der Waals surface area contributed by atoms with Crippen LogP contribution in [0.5, 0.6) is 0 Å². The van der Waals surface area contributed by atoms with Crippen LogP contribution in [0.2, 0.25) is 0 Å². The maximum atomic E-state index is 12.7. The number of amides is 1. The standard InChI is InChI=1S/C17H22N4O3/c1-11-5-3-6-12(2)21(11)15(22)10-20-16(23)13(9-18)14-7-4-8-19(14)17(20)24/h11-12H,3-8,10H2,1-2H3/t11-,12+. The first kappa shape index (κ1) is 16.5. The van der Waals surface area contributed by atoms with E-state index in [9.17, 15) is 19.6 Å². The van der Waals surface area contributed by atoms with Gasteiger partial charge in [0.1, 0.15) is 18.2 Å². The smallest absolute Gasteiger partial charge is 0.331 e. The number of nitrogens with zero attached hydrogens (tertiary/aromatic N) is 4. The van der Waals surface area contributed by atoms with Crippen molar-refractivity contribution in [2.45, 2.75) is 71.1 Å². The van der Waals surface area contributed by atoms with E-state index < -0.39 is 11.2 Å². The van der Waals surface area contributed by atoms with Crippen LogP contribution < -0.4 is 11.2 Å². The SMILES string of the molecule is C[C@@H]1CCC[C@H](C)N1C(=O)Cn1c(=O)c(C#N)c2n(c1=O)CCC2. The molecule has 1 saturated heterocycles. The molecular formula is C17H22N4O3. The number of nitriles is 1. The largest absolute Gasteiger partial charge is 0.336 e. The third-order valence-electron chi connectivity index (χ3n) is 5.22. The Morgan fingerprint density at radius 2 is 1.88 bits per heavy atom. The van der Waals surface area contributed by atoms with Gasteiger partial charge in [0.25, 0.3) is 5.56 Å². The van der Waals surface area contributed by atoms with Crippen molar-refractivity contribution in [3.8, 4) is 6.07 Å². The number of hydrogen-bond acceptors (Lipinski definition) is 4. The summed E-state index contributed by atoms with van der Waals surface area (Å²) in [6.45, 7) is 4.19. The predicted octanol–water partition coefficient (Wildman–Crippen LogP) is 0.617. The Morgan fingerprint density at radius 1 is 1.21 bits per heavy atom. The van der Waals surface area contributed by atoms with Crippen molar-refractivity contribution < 1.29 is 4.79 Å². The van der Waals surface area contributed by atoms with Crippen LogP contribution in [-0.2, 0) is 24.3 Å². The van der Waals surface area contributed by atoms with Crippen LogP contribution in [-0.4, -0.2) is 32.0 Å². The molecule has 2 atom stereocenters. The molecule has 0 aliphatic carbocycles. The van der Waals surface area contributed by atoms with Gasteiger partial charge < -0.3 is 4.90 Å². The van der Waals surface area contributed by atoms with Gasteiger partial charge in [-0.2, -0.15) is 5.26 Å². The highest BCUT2D eigenvalue weighted by Crippen LogP contribution is 2.22. The molecular weight excluding hydrogens is 308 g/mol. The second-order valence-corrected chi connectivity index (χ2v) is 6.79. The maximum Gasteiger partial charge on any atom is 0.331 e. The third-order valence-corrected chi connectivity index (χ3v) is 5.22. The summed E-state index contributed by atoms with van der Waals surface area (Å²) >= 11 is 0. The minimum absolute atomic E-state index is 0.000332. The number of aromatic nitrogens is 2. The van der Waals surface area contributed by atoms with Crippen molar-refractivity contribution in [1.82, 2.24) is 14.0 Å². The highest BCUT2D eigenvalue weighted by Gasteiger charge is 2.30. The molecule has 0 saturated carbocycles. The summed E-state index contributed by atoms with van der Waals surface area (Å²) < 4.78 is 2.40. The van der Waals surface area contributed by atoms with E-state index in [2.05, 4.69) is 0 Å². The van der Waals surface area contributed by atoms with Crippen molar-refractivity contribution in [3.05, 3.63) is 32.1 Å². The fourth-order valence-corrected chi connectivity index (χ4v) is 4.02. The number of rotatable bonds is 2. The van der Waals surface area contributed by atoms with Crippen molar-refractivity contribution in [3.63, 3.8) is 0 Å². The Kier molecular flexibility index (Phi) is 4.31. The fourth-order valence-electron chi connectivity index (χ4n) is 4.02. The molecule has 1 aromatic rings. The van der Waals surface area contributed by atoms with Crippen LogP contribution in [0.1, 0.15) is 50.8 Å². The lowest BCUT2D eigenvalue weighted by Crippen LogP contribution is -2.51. The van der Waals surface area contributed by atoms with Crippen molar-refractivity contribution in [1.29, 1.82) is 5.26 Å². The molecule has 7 heteroatoms. The Bertz CT molecular complexity index is 820. The van der Waals surface area contributed by atoms with Crippen LogP contribution in [0, 0.1) is 11.3 Å². The first-order chi connectivity index (χ1) is 11.5. The van der Waals surface area contributed by atoms with Gasteiger partial charge in [0.05, 0.1) is 0 Å². The van der Waals surface area contributed by atoms with Crippen LogP contribution in [0.4, 0.5) is 0 Å². The molecule has 0 aromatic carbocycles. The van der Waals surface area contributed by atoms with Crippen molar-refractivity contribution in [2.75, 3.05) is 0 Å². The molecule has 128 valence electrons.